The maximum absolute atomic E-state index is 14.1. The Labute approximate surface area is 223 Å². The van der Waals surface area contributed by atoms with Gasteiger partial charge in [-0.25, -0.2) is 4.79 Å². The molecule has 0 heterocycles. The molecule has 3 aromatic rings. The average molecular weight is 565 g/mol. The smallest absolute Gasteiger partial charge is 0.320 e. The number of carbonyl (C=O) groups excluding carboxylic acids is 1. The molecule has 0 aliphatic rings. The number of urea groups is 1. The zero-order chi connectivity index (χ0) is 24.1. The van der Waals surface area contributed by atoms with E-state index < -0.39 is 0 Å². The molecule has 0 spiro atoms. The van der Waals surface area contributed by atoms with Crippen LogP contribution in [-0.4, -0.2) is 17.5 Å². The lowest BCUT2D eigenvalue weighted by atomic mass is 10.2. The second-order valence-corrected chi connectivity index (χ2v) is 9.82. The Morgan fingerprint density at radius 1 is 0.758 bits per heavy atom. The highest BCUT2D eigenvalue weighted by Crippen LogP contribution is 2.46. The van der Waals surface area contributed by atoms with Crippen molar-refractivity contribution in [3.8, 4) is 0 Å². The number of halogens is 6. The van der Waals surface area contributed by atoms with Crippen LogP contribution in [0.1, 0.15) is 25.3 Å². The molecule has 174 valence electrons. The number of hydrogen-bond donors (Lipinski definition) is 0. The molecule has 0 unspecified atom stereocenters. The molecule has 3 aromatic carbocycles. The highest BCUT2D eigenvalue weighted by Gasteiger charge is 2.31. The quantitative estimate of drug-likeness (QED) is 0.280. The van der Waals surface area contributed by atoms with Gasteiger partial charge in [-0.3, -0.25) is 4.90 Å². The molecule has 3 nitrogen and oxygen atoms in total. The van der Waals surface area contributed by atoms with Crippen molar-refractivity contribution in [3.05, 3.63) is 90.3 Å². The third kappa shape index (κ3) is 6.42. The third-order valence-electron chi connectivity index (χ3n) is 4.87. The molecule has 0 saturated heterocycles. The fraction of sp³-hybridized carbons (Fsp3) is 0.208. The average Bonchev–Trinajstić information content (AvgIpc) is 2.74. The van der Waals surface area contributed by atoms with Crippen molar-refractivity contribution in [1.82, 2.24) is 4.90 Å². The third-order valence-corrected chi connectivity index (χ3v) is 6.46. The molecule has 33 heavy (non-hydrogen) atoms. The number of anilines is 2. The Morgan fingerprint density at radius 3 is 1.64 bits per heavy atom. The number of nitrogens with zero attached hydrogens (tertiary/aromatic N) is 2. The number of benzene rings is 3. The first-order valence-electron chi connectivity index (χ1n) is 10.1. The van der Waals surface area contributed by atoms with Crippen LogP contribution < -0.4 is 4.90 Å². The highest BCUT2D eigenvalue weighted by atomic mass is 35.5. The largest absolute Gasteiger partial charge is 0.329 e. The Hall–Kier alpha value is -1.33. The molecule has 0 aliphatic heterocycles. The van der Waals surface area contributed by atoms with Crippen LogP contribution in [0.25, 0.3) is 0 Å². The fourth-order valence-corrected chi connectivity index (χ4v) is 5.31. The van der Waals surface area contributed by atoms with Crippen LogP contribution in [0.4, 0.5) is 16.2 Å². The molecule has 0 radical (unpaired) electrons. The molecule has 0 aliphatic carbocycles. The van der Waals surface area contributed by atoms with Crippen molar-refractivity contribution in [3.63, 3.8) is 0 Å². The molecule has 0 saturated carbocycles. The lowest BCUT2D eigenvalue weighted by Gasteiger charge is -2.33. The van der Waals surface area contributed by atoms with Crippen LogP contribution in [0.3, 0.4) is 0 Å². The summed E-state index contributed by atoms with van der Waals surface area (Å²) in [5.41, 5.74) is 1.44. The van der Waals surface area contributed by atoms with E-state index >= 15 is 0 Å². The molecule has 0 atom stereocenters. The van der Waals surface area contributed by atoms with Crippen molar-refractivity contribution in [2.24, 2.45) is 0 Å². The molecular weight excluding hydrogens is 545 g/mol. The summed E-state index contributed by atoms with van der Waals surface area (Å²) in [5, 5.41) is 1.38. The topological polar surface area (TPSA) is 23.6 Å². The minimum Gasteiger partial charge on any atom is -0.320 e. The summed E-state index contributed by atoms with van der Waals surface area (Å²) < 4.78 is 0. The van der Waals surface area contributed by atoms with E-state index in [4.69, 9.17) is 69.6 Å². The summed E-state index contributed by atoms with van der Waals surface area (Å²) in [6, 6.07) is 15.4. The van der Waals surface area contributed by atoms with Crippen molar-refractivity contribution < 1.29 is 4.79 Å². The predicted octanol–water partition coefficient (Wildman–Crippen LogP) is 10.2. The van der Waals surface area contributed by atoms with Gasteiger partial charge in [0, 0.05) is 23.1 Å². The fourth-order valence-electron chi connectivity index (χ4n) is 3.34. The van der Waals surface area contributed by atoms with E-state index in [1.54, 1.807) is 4.90 Å². The minimum atomic E-state index is -0.385. The van der Waals surface area contributed by atoms with E-state index in [0.29, 0.717) is 23.1 Å². The van der Waals surface area contributed by atoms with E-state index in [0.717, 1.165) is 18.4 Å². The number of rotatable bonds is 7. The SMILES string of the molecule is CCCCN(Cc1ccccc1)C(=O)N(c1c(Cl)cc(Cl)cc1Cl)c1c(Cl)cc(Cl)cc1Cl. The number of hydrogen-bond acceptors (Lipinski definition) is 1. The first kappa shape index (κ1) is 26.3. The molecule has 3 rings (SSSR count). The lowest BCUT2D eigenvalue weighted by molar-refractivity contribution is 0.203. The van der Waals surface area contributed by atoms with Crippen LogP contribution in [0.15, 0.2) is 54.6 Å². The molecule has 0 bridgehead atoms. The van der Waals surface area contributed by atoms with Crippen LogP contribution in [-0.2, 0) is 6.54 Å². The zero-order valence-electron chi connectivity index (χ0n) is 17.6. The van der Waals surface area contributed by atoms with Gasteiger partial charge in [-0.15, -0.1) is 0 Å². The van der Waals surface area contributed by atoms with Gasteiger partial charge in [0.05, 0.1) is 31.5 Å². The second kappa shape index (κ2) is 11.9. The summed E-state index contributed by atoms with van der Waals surface area (Å²) in [4.78, 5) is 17.1. The van der Waals surface area contributed by atoms with E-state index in [2.05, 4.69) is 6.92 Å². The van der Waals surface area contributed by atoms with Crippen LogP contribution >= 0.6 is 69.6 Å². The van der Waals surface area contributed by atoms with Gasteiger partial charge in [-0.05, 0) is 36.2 Å². The molecule has 0 aromatic heterocycles. The normalized spacial score (nSPS) is 10.9. The Balaban J connectivity index is 2.18. The monoisotopic (exact) mass is 562 g/mol. The highest BCUT2D eigenvalue weighted by molar-refractivity contribution is 6.45. The van der Waals surface area contributed by atoms with Crippen molar-refractivity contribution in [2.45, 2.75) is 26.3 Å². The van der Waals surface area contributed by atoms with Crippen molar-refractivity contribution in [2.75, 3.05) is 11.4 Å². The molecule has 0 fully saturated rings. The predicted molar refractivity (Wildman–Crippen MR) is 142 cm³/mol. The maximum Gasteiger partial charge on any atom is 0.329 e. The van der Waals surface area contributed by atoms with Crippen LogP contribution in [0.2, 0.25) is 30.1 Å². The first-order valence-corrected chi connectivity index (χ1v) is 12.4. The zero-order valence-corrected chi connectivity index (χ0v) is 22.1. The standard InChI is InChI=1S/C24H20Cl6N2O/c1-2-3-9-31(14-15-7-5-4-6-8-15)24(33)32(22-18(27)10-16(25)11-19(22)28)23-20(29)12-17(26)13-21(23)30/h4-8,10-13H,2-3,9,14H2,1H3. The Bertz CT molecular complexity index is 1040. The second-order valence-electron chi connectivity index (χ2n) is 7.31. The van der Waals surface area contributed by atoms with Crippen molar-refractivity contribution >= 4 is 87.0 Å². The van der Waals surface area contributed by atoms with Gasteiger partial charge in [0.2, 0.25) is 0 Å². The molecule has 0 N–H and O–H groups in total. The van der Waals surface area contributed by atoms with Crippen LogP contribution in [0, 0.1) is 0 Å². The lowest BCUT2D eigenvalue weighted by Crippen LogP contribution is -2.41. The van der Waals surface area contributed by atoms with Gasteiger partial charge in [0.25, 0.3) is 0 Å². The molecular formula is C24H20Cl6N2O. The van der Waals surface area contributed by atoms with Gasteiger partial charge >= 0.3 is 6.03 Å². The Kier molecular flexibility index (Phi) is 9.46. The van der Waals surface area contributed by atoms with Gasteiger partial charge in [-0.1, -0.05) is 113 Å². The maximum atomic E-state index is 14.1. The molecule has 9 heteroatoms. The van der Waals surface area contributed by atoms with Crippen molar-refractivity contribution in [1.29, 1.82) is 0 Å². The number of unbranched alkanes of at least 4 members (excludes halogenated alkanes) is 1. The summed E-state index contributed by atoms with van der Waals surface area (Å²) >= 11 is 38.4. The first-order chi connectivity index (χ1) is 15.7. The summed E-state index contributed by atoms with van der Waals surface area (Å²) in [6.45, 7) is 2.94. The van der Waals surface area contributed by atoms with Gasteiger partial charge < -0.3 is 4.90 Å². The van der Waals surface area contributed by atoms with E-state index in [9.17, 15) is 4.79 Å². The van der Waals surface area contributed by atoms with Gasteiger partial charge in [-0.2, -0.15) is 0 Å². The van der Waals surface area contributed by atoms with Gasteiger partial charge in [0.1, 0.15) is 0 Å². The Morgan fingerprint density at radius 2 is 1.21 bits per heavy atom. The molecule has 2 amide bonds. The van der Waals surface area contributed by atoms with Crippen LogP contribution in [0.5, 0.6) is 0 Å². The van der Waals surface area contributed by atoms with E-state index in [1.165, 1.54) is 29.2 Å². The summed E-state index contributed by atoms with van der Waals surface area (Å²) in [7, 11) is 0. The van der Waals surface area contributed by atoms with E-state index in [1.807, 2.05) is 30.3 Å². The van der Waals surface area contributed by atoms with E-state index in [-0.39, 0.29) is 37.5 Å². The number of amides is 2. The summed E-state index contributed by atoms with van der Waals surface area (Å²) in [5.74, 6) is 0. The summed E-state index contributed by atoms with van der Waals surface area (Å²) in [6.07, 6.45) is 1.71. The van der Waals surface area contributed by atoms with Gasteiger partial charge in [0.15, 0.2) is 0 Å². The minimum absolute atomic E-state index is 0.179. The number of carbonyl (C=O) groups is 1.